The van der Waals surface area contributed by atoms with Gasteiger partial charge >= 0.3 is 12.0 Å². The number of methoxy groups -OCH3 is 1. The third kappa shape index (κ3) is 9.61. The minimum absolute atomic E-state index is 0.00387. The molecule has 0 radical (unpaired) electrons. The molecule has 4 unspecified atom stereocenters. The molecule has 2 heterocycles. The Balaban J connectivity index is 1.25. The molecular weight excluding hydrogens is 570 g/mol. The molecule has 0 aliphatic carbocycles. The summed E-state index contributed by atoms with van der Waals surface area (Å²) in [5, 5.41) is 15.1. The number of carbonyl (C=O) groups is 2. The molecule has 5 rings (SSSR count). The number of nitrogens with zero attached hydrogens (tertiary/aromatic N) is 1. The Bertz CT molecular complexity index is 1340. The fraction of sp³-hybridized carbons (Fsp3) is 0.444. The Labute approximate surface area is 265 Å². The van der Waals surface area contributed by atoms with E-state index in [1.54, 1.807) is 12.1 Å². The summed E-state index contributed by atoms with van der Waals surface area (Å²) in [4.78, 5) is 27.7. The van der Waals surface area contributed by atoms with Crippen molar-refractivity contribution >= 4 is 17.7 Å². The van der Waals surface area contributed by atoms with E-state index in [0.29, 0.717) is 12.1 Å². The molecule has 0 bridgehead atoms. The van der Waals surface area contributed by atoms with Crippen molar-refractivity contribution in [2.75, 3.05) is 32.1 Å². The largest absolute Gasteiger partial charge is 0.467 e. The van der Waals surface area contributed by atoms with Crippen LogP contribution in [0.2, 0.25) is 0 Å². The van der Waals surface area contributed by atoms with Crippen molar-refractivity contribution in [2.24, 2.45) is 0 Å². The molecule has 4 atom stereocenters. The highest BCUT2D eigenvalue weighted by Crippen LogP contribution is 2.38. The van der Waals surface area contributed by atoms with Crippen molar-refractivity contribution in [3.8, 4) is 0 Å². The summed E-state index contributed by atoms with van der Waals surface area (Å²) in [5.41, 5.74) is 4.27. The molecule has 0 spiro atoms. The number of aliphatic hydroxyl groups excluding tert-OH is 1. The molecule has 9 nitrogen and oxygen atoms in total. The number of aliphatic hydroxyl groups is 1. The molecule has 240 valence electrons. The Hall–Kier alpha value is -3.76. The molecule has 2 amide bonds. The van der Waals surface area contributed by atoms with Gasteiger partial charge in [-0.2, -0.15) is 0 Å². The molecule has 0 aromatic heterocycles. The molecule has 2 saturated heterocycles. The fourth-order valence-corrected chi connectivity index (χ4v) is 6.05. The Kier molecular flexibility index (Phi) is 12.0. The zero-order valence-electron chi connectivity index (χ0n) is 26.0. The summed E-state index contributed by atoms with van der Waals surface area (Å²) in [7, 11) is 1.31. The van der Waals surface area contributed by atoms with Crippen LogP contribution in [-0.4, -0.2) is 60.9 Å². The summed E-state index contributed by atoms with van der Waals surface area (Å²) in [6.45, 7) is 3.04. The lowest BCUT2D eigenvalue weighted by Crippen LogP contribution is -2.45. The Morgan fingerprint density at radius 3 is 2.20 bits per heavy atom. The summed E-state index contributed by atoms with van der Waals surface area (Å²) in [5.74, 6) is -0.512. The average Bonchev–Trinajstić information content (AvgIpc) is 3.06. The van der Waals surface area contributed by atoms with E-state index in [-0.39, 0.29) is 18.8 Å². The Morgan fingerprint density at radius 1 is 0.867 bits per heavy atom. The smallest absolute Gasteiger partial charge is 0.328 e. The van der Waals surface area contributed by atoms with E-state index in [9.17, 15) is 14.7 Å². The molecule has 2 aliphatic heterocycles. The number of rotatable bonds is 10. The van der Waals surface area contributed by atoms with Gasteiger partial charge in [0.25, 0.3) is 0 Å². The van der Waals surface area contributed by atoms with E-state index in [0.717, 1.165) is 48.3 Å². The maximum Gasteiger partial charge on any atom is 0.328 e. The van der Waals surface area contributed by atoms with Crippen LogP contribution in [0.4, 0.5) is 10.5 Å². The predicted octanol–water partition coefficient (Wildman–Crippen LogP) is 5.90. The standard InChI is InChI=1S/C36H45N3O6/c1-43-34(41)32(22-26-10-6-5-7-11-26)38-36(42)37-30-18-16-29(17-19-30)35-44-31(24-39-20-8-3-2-4-9-21-39)23-33(45-35)28-14-12-27(25-40)13-15-28/h5-7,10-19,31-33,35,40H,2-4,8-9,20-25H2,1H3,(H2,37,38,42). The zero-order valence-corrected chi connectivity index (χ0v) is 26.0. The maximum atomic E-state index is 12.8. The third-order valence-corrected chi connectivity index (χ3v) is 8.54. The van der Waals surface area contributed by atoms with E-state index in [2.05, 4.69) is 15.5 Å². The highest BCUT2D eigenvalue weighted by Gasteiger charge is 2.33. The predicted molar refractivity (Wildman–Crippen MR) is 172 cm³/mol. The minimum Gasteiger partial charge on any atom is -0.467 e. The number of benzene rings is 3. The van der Waals surface area contributed by atoms with Crippen LogP contribution < -0.4 is 10.6 Å². The number of carbonyl (C=O) groups excluding carboxylic acids is 2. The number of likely N-dealkylation sites (tertiary alicyclic amines) is 1. The second kappa shape index (κ2) is 16.5. The van der Waals surface area contributed by atoms with Crippen LogP contribution in [0.3, 0.4) is 0 Å². The number of nitrogens with one attached hydrogen (secondary N) is 2. The van der Waals surface area contributed by atoms with Crippen LogP contribution in [-0.2, 0) is 32.0 Å². The summed E-state index contributed by atoms with van der Waals surface area (Å²) < 4.78 is 18.0. The highest BCUT2D eigenvalue weighted by molar-refractivity contribution is 5.92. The van der Waals surface area contributed by atoms with E-state index < -0.39 is 24.3 Å². The number of anilines is 1. The first-order chi connectivity index (χ1) is 22.0. The topological polar surface area (TPSA) is 109 Å². The number of hydrogen-bond acceptors (Lipinski definition) is 7. The Morgan fingerprint density at radius 2 is 1.53 bits per heavy atom. The molecule has 3 N–H and O–H groups in total. The number of hydrogen-bond donors (Lipinski definition) is 3. The number of esters is 1. The first-order valence-corrected chi connectivity index (χ1v) is 16.0. The van der Waals surface area contributed by atoms with Gasteiger partial charge in [0.05, 0.1) is 25.9 Å². The highest BCUT2D eigenvalue weighted by atomic mass is 16.7. The van der Waals surface area contributed by atoms with Crippen LogP contribution in [0.1, 0.15) is 73.2 Å². The van der Waals surface area contributed by atoms with E-state index in [1.807, 2.05) is 66.7 Å². The van der Waals surface area contributed by atoms with Gasteiger partial charge in [0.15, 0.2) is 6.29 Å². The van der Waals surface area contributed by atoms with Gasteiger partial charge in [-0.25, -0.2) is 9.59 Å². The average molecular weight is 616 g/mol. The van der Waals surface area contributed by atoms with Crippen LogP contribution in [0.25, 0.3) is 0 Å². The van der Waals surface area contributed by atoms with Crippen LogP contribution in [0.5, 0.6) is 0 Å². The van der Waals surface area contributed by atoms with Crippen LogP contribution >= 0.6 is 0 Å². The quantitative estimate of drug-likeness (QED) is 0.244. The second-order valence-electron chi connectivity index (χ2n) is 11.9. The SMILES string of the molecule is COC(=O)C(Cc1ccccc1)NC(=O)Nc1ccc(C2OC(CN3CCCCCCC3)CC(c3ccc(CO)cc3)O2)cc1. The fourth-order valence-electron chi connectivity index (χ4n) is 6.05. The molecule has 3 aromatic carbocycles. The van der Waals surface area contributed by atoms with Gasteiger partial charge in [-0.3, -0.25) is 0 Å². The lowest BCUT2D eigenvalue weighted by molar-refractivity contribution is -0.253. The van der Waals surface area contributed by atoms with Gasteiger partial charge in [0, 0.05) is 30.6 Å². The number of ether oxygens (including phenoxy) is 3. The van der Waals surface area contributed by atoms with Crippen molar-refractivity contribution in [2.45, 2.75) is 76.1 Å². The van der Waals surface area contributed by atoms with E-state index in [1.165, 1.54) is 39.2 Å². The minimum atomic E-state index is -0.824. The van der Waals surface area contributed by atoms with Gasteiger partial charge in [0.1, 0.15) is 6.04 Å². The van der Waals surface area contributed by atoms with Crippen LogP contribution in [0, 0.1) is 0 Å². The monoisotopic (exact) mass is 615 g/mol. The number of amides is 2. The number of urea groups is 1. The van der Waals surface area contributed by atoms with Crippen molar-refractivity contribution in [1.82, 2.24) is 10.2 Å². The van der Waals surface area contributed by atoms with Crippen molar-refractivity contribution in [3.63, 3.8) is 0 Å². The van der Waals surface area contributed by atoms with Crippen molar-refractivity contribution in [3.05, 3.63) is 101 Å². The van der Waals surface area contributed by atoms with Gasteiger partial charge in [-0.05, 0) is 54.8 Å². The summed E-state index contributed by atoms with van der Waals surface area (Å²) in [6.07, 6.45) is 6.65. The van der Waals surface area contributed by atoms with Gasteiger partial charge in [-0.15, -0.1) is 0 Å². The lowest BCUT2D eigenvalue weighted by Gasteiger charge is -2.38. The zero-order chi connectivity index (χ0) is 31.4. The first-order valence-electron chi connectivity index (χ1n) is 16.0. The van der Waals surface area contributed by atoms with Gasteiger partial charge in [-0.1, -0.05) is 86.0 Å². The normalized spacial score (nSPS) is 21.6. The molecule has 0 saturated carbocycles. The van der Waals surface area contributed by atoms with E-state index >= 15 is 0 Å². The third-order valence-electron chi connectivity index (χ3n) is 8.54. The van der Waals surface area contributed by atoms with Gasteiger partial charge < -0.3 is 34.9 Å². The van der Waals surface area contributed by atoms with E-state index in [4.69, 9.17) is 14.2 Å². The summed E-state index contributed by atoms with van der Waals surface area (Å²) in [6, 6.07) is 23.5. The lowest BCUT2D eigenvalue weighted by atomic mass is 9.99. The first kappa shape index (κ1) is 32.6. The van der Waals surface area contributed by atoms with Gasteiger partial charge in [0.2, 0.25) is 0 Å². The van der Waals surface area contributed by atoms with Crippen molar-refractivity contribution in [1.29, 1.82) is 0 Å². The van der Waals surface area contributed by atoms with Crippen LogP contribution in [0.15, 0.2) is 78.9 Å². The summed E-state index contributed by atoms with van der Waals surface area (Å²) >= 11 is 0. The molecule has 45 heavy (non-hydrogen) atoms. The van der Waals surface area contributed by atoms with Crippen molar-refractivity contribution < 1.29 is 28.9 Å². The molecule has 3 aromatic rings. The second-order valence-corrected chi connectivity index (χ2v) is 11.9. The molecule has 2 fully saturated rings. The maximum absolute atomic E-state index is 12.8. The molecular formula is C36H45N3O6. The molecule has 9 heteroatoms. The molecule has 2 aliphatic rings.